The Morgan fingerprint density at radius 3 is 2.64 bits per heavy atom. The molecule has 0 N–H and O–H groups in total. The fraction of sp³-hybridized carbons (Fsp3) is 0.259. The van der Waals surface area contributed by atoms with Crippen LogP contribution < -0.4 is 4.74 Å². The smallest absolute Gasteiger partial charge is 0.254 e. The van der Waals surface area contributed by atoms with E-state index >= 15 is 0 Å². The van der Waals surface area contributed by atoms with E-state index in [1.165, 1.54) is 5.56 Å². The summed E-state index contributed by atoms with van der Waals surface area (Å²) in [6, 6.07) is 21.6. The van der Waals surface area contributed by atoms with Gasteiger partial charge < -0.3 is 14.1 Å². The predicted molar refractivity (Wildman–Crippen MR) is 128 cm³/mol. The van der Waals surface area contributed by atoms with Crippen molar-refractivity contribution in [2.75, 3.05) is 33.3 Å². The SMILES string of the molecule is COc1ccc(CN2CCCN(C(=O)c3cc(-c4ccco4)nc4ccccc34)CC2)cc1. The number of aromatic nitrogens is 1. The number of ether oxygens (including phenoxy) is 1. The number of amides is 1. The molecule has 168 valence electrons. The average Bonchev–Trinajstić information content (AvgIpc) is 3.30. The van der Waals surface area contributed by atoms with Crippen molar-refractivity contribution in [1.82, 2.24) is 14.8 Å². The van der Waals surface area contributed by atoms with Gasteiger partial charge in [-0.05, 0) is 48.4 Å². The summed E-state index contributed by atoms with van der Waals surface area (Å²) in [6.45, 7) is 4.11. The number of para-hydroxylation sites is 1. The standard InChI is InChI=1S/C27H27N3O3/c1-32-21-11-9-20(10-12-21)19-29-13-5-14-30(16-15-29)27(31)23-18-25(26-8-4-17-33-26)28-24-7-3-2-6-22(23)24/h2-4,6-12,17-18H,5,13-16,19H2,1H3. The van der Waals surface area contributed by atoms with Gasteiger partial charge in [0.25, 0.3) is 5.91 Å². The number of carbonyl (C=O) groups is 1. The summed E-state index contributed by atoms with van der Waals surface area (Å²) < 4.78 is 10.8. The maximum Gasteiger partial charge on any atom is 0.254 e. The third-order valence-electron chi connectivity index (χ3n) is 6.16. The van der Waals surface area contributed by atoms with Gasteiger partial charge >= 0.3 is 0 Å². The zero-order chi connectivity index (χ0) is 22.6. The van der Waals surface area contributed by atoms with Crippen molar-refractivity contribution in [3.05, 3.63) is 84.1 Å². The van der Waals surface area contributed by atoms with Gasteiger partial charge in [-0.2, -0.15) is 0 Å². The van der Waals surface area contributed by atoms with Gasteiger partial charge in [-0.25, -0.2) is 4.98 Å². The number of benzene rings is 2. The van der Waals surface area contributed by atoms with Crippen LogP contribution >= 0.6 is 0 Å². The van der Waals surface area contributed by atoms with Crippen molar-refractivity contribution < 1.29 is 13.9 Å². The molecule has 1 fully saturated rings. The Balaban J connectivity index is 1.35. The minimum Gasteiger partial charge on any atom is -0.497 e. The van der Waals surface area contributed by atoms with Crippen molar-refractivity contribution in [3.8, 4) is 17.2 Å². The van der Waals surface area contributed by atoms with E-state index in [1.54, 1.807) is 13.4 Å². The first-order valence-electron chi connectivity index (χ1n) is 11.3. The van der Waals surface area contributed by atoms with Crippen LogP contribution in [0.25, 0.3) is 22.4 Å². The van der Waals surface area contributed by atoms with Crippen LogP contribution in [0.1, 0.15) is 22.3 Å². The van der Waals surface area contributed by atoms with Crippen LogP contribution in [0.3, 0.4) is 0 Å². The molecule has 6 nitrogen and oxygen atoms in total. The minimum absolute atomic E-state index is 0.0488. The molecule has 33 heavy (non-hydrogen) atoms. The van der Waals surface area contributed by atoms with E-state index in [0.717, 1.165) is 49.3 Å². The highest BCUT2D eigenvalue weighted by Gasteiger charge is 2.23. The van der Waals surface area contributed by atoms with Gasteiger partial charge in [0.1, 0.15) is 11.4 Å². The molecule has 0 unspecified atom stereocenters. The predicted octanol–water partition coefficient (Wildman–Crippen LogP) is 4.85. The lowest BCUT2D eigenvalue weighted by molar-refractivity contribution is 0.0763. The zero-order valence-corrected chi connectivity index (χ0v) is 18.7. The first-order valence-corrected chi connectivity index (χ1v) is 11.3. The van der Waals surface area contributed by atoms with Crippen LogP contribution in [0.5, 0.6) is 5.75 Å². The van der Waals surface area contributed by atoms with E-state index in [2.05, 4.69) is 17.0 Å². The molecule has 1 amide bonds. The fourth-order valence-electron chi connectivity index (χ4n) is 4.39. The second-order valence-electron chi connectivity index (χ2n) is 8.32. The average molecular weight is 442 g/mol. The number of carbonyl (C=O) groups excluding carboxylic acids is 1. The maximum absolute atomic E-state index is 13.7. The fourth-order valence-corrected chi connectivity index (χ4v) is 4.39. The maximum atomic E-state index is 13.7. The number of fused-ring (bicyclic) bond motifs is 1. The van der Waals surface area contributed by atoms with Crippen molar-refractivity contribution in [2.24, 2.45) is 0 Å². The van der Waals surface area contributed by atoms with E-state index in [4.69, 9.17) is 14.1 Å². The highest BCUT2D eigenvalue weighted by Crippen LogP contribution is 2.26. The summed E-state index contributed by atoms with van der Waals surface area (Å²) in [4.78, 5) is 22.8. The number of hydrogen-bond acceptors (Lipinski definition) is 5. The first-order chi connectivity index (χ1) is 16.2. The number of nitrogens with zero attached hydrogens (tertiary/aromatic N) is 3. The highest BCUT2D eigenvalue weighted by molar-refractivity contribution is 6.07. The van der Waals surface area contributed by atoms with Crippen LogP contribution in [0.15, 0.2) is 77.4 Å². The van der Waals surface area contributed by atoms with E-state index in [1.807, 2.05) is 59.5 Å². The Kier molecular flexibility index (Phi) is 6.09. The van der Waals surface area contributed by atoms with Gasteiger partial charge in [-0.1, -0.05) is 30.3 Å². The molecule has 1 saturated heterocycles. The van der Waals surface area contributed by atoms with Crippen LogP contribution in [-0.4, -0.2) is 54.0 Å². The molecule has 2 aromatic carbocycles. The Morgan fingerprint density at radius 2 is 1.85 bits per heavy atom. The molecule has 6 heteroatoms. The van der Waals surface area contributed by atoms with E-state index in [-0.39, 0.29) is 5.91 Å². The number of methoxy groups -OCH3 is 1. The van der Waals surface area contributed by atoms with Crippen molar-refractivity contribution in [1.29, 1.82) is 0 Å². The van der Waals surface area contributed by atoms with E-state index < -0.39 is 0 Å². The minimum atomic E-state index is 0.0488. The molecule has 1 aliphatic heterocycles. The van der Waals surface area contributed by atoms with Gasteiger partial charge in [0.2, 0.25) is 0 Å². The lowest BCUT2D eigenvalue weighted by Gasteiger charge is -2.23. The summed E-state index contributed by atoms with van der Waals surface area (Å²) in [5, 5.41) is 0.872. The molecule has 1 aliphatic rings. The molecule has 0 saturated carbocycles. The summed E-state index contributed by atoms with van der Waals surface area (Å²) in [5.74, 6) is 1.58. The van der Waals surface area contributed by atoms with E-state index in [0.29, 0.717) is 23.6 Å². The lowest BCUT2D eigenvalue weighted by atomic mass is 10.1. The van der Waals surface area contributed by atoms with Gasteiger partial charge in [-0.15, -0.1) is 0 Å². The second-order valence-corrected chi connectivity index (χ2v) is 8.32. The van der Waals surface area contributed by atoms with Crippen molar-refractivity contribution >= 4 is 16.8 Å². The monoisotopic (exact) mass is 441 g/mol. The van der Waals surface area contributed by atoms with Gasteiger partial charge in [0, 0.05) is 38.1 Å². The van der Waals surface area contributed by atoms with Crippen molar-refractivity contribution in [2.45, 2.75) is 13.0 Å². The van der Waals surface area contributed by atoms with Gasteiger partial charge in [0.05, 0.1) is 24.5 Å². The molecule has 2 aromatic heterocycles. The Hall–Kier alpha value is -3.64. The third kappa shape index (κ3) is 4.61. The normalized spacial score (nSPS) is 14.9. The lowest BCUT2D eigenvalue weighted by Crippen LogP contribution is -2.35. The van der Waals surface area contributed by atoms with Gasteiger partial charge in [-0.3, -0.25) is 9.69 Å². The first kappa shape index (κ1) is 21.2. The second kappa shape index (κ2) is 9.46. The number of pyridine rings is 1. The Morgan fingerprint density at radius 1 is 1.00 bits per heavy atom. The number of hydrogen-bond donors (Lipinski definition) is 0. The molecular formula is C27H27N3O3. The molecular weight excluding hydrogens is 414 g/mol. The molecule has 0 radical (unpaired) electrons. The Bertz CT molecular complexity index is 1240. The highest BCUT2D eigenvalue weighted by atomic mass is 16.5. The van der Waals surface area contributed by atoms with Crippen molar-refractivity contribution in [3.63, 3.8) is 0 Å². The summed E-state index contributed by atoms with van der Waals surface area (Å²) >= 11 is 0. The third-order valence-corrected chi connectivity index (χ3v) is 6.16. The van der Waals surface area contributed by atoms with Crippen LogP contribution in [-0.2, 0) is 6.54 Å². The summed E-state index contributed by atoms with van der Waals surface area (Å²) in [6.07, 6.45) is 2.57. The van der Waals surface area contributed by atoms with Crippen LogP contribution in [0.4, 0.5) is 0 Å². The Labute approximate surface area is 193 Å². The molecule has 4 aromatic rings. The molecule has 0 atom stereocenters. The number of furan rings is 1. The van der Waals surface area contributed by atoms with Crippen LogP contribution in [0.2, 0.25) is 0 Å². The van der Waals surface area contributed by atoms with E-state index in [9.17, 15) is 4.79 Å². The summed E-state index contributed by atoms with van der Waals surface area (Å²) in [5.41, 5.74) is 3.40. The molecule has 0 aliphatic carbocycles. The largest absolute Gasteiger partial charge is 0.497 e. The van der Waals surface area contributed by atoms with Gasteiger partial charge in [0.15, 0.2) is 5.76 Å². The zero-order valence-electron chi connectivity index (χ0n) is 18.7. The number of rotatable bonds is 5. The topological polar surface area (TPSA) is 58.8 Å². The van der Waals surface area contributed by atoms with Crippen LogP contribution in [0, 0.1) is 0 Å². The molecule has 0 bridgehead atoms. The molecule has 0 spiro atoms. The molecule has 5 rings (SSSR count). The quantitative estimate of drug-likeness (QED) is 0.443. The summed E-state index contributed by atoms with van der Waals surface area (Å²) in [7, 11) is 1.68. The molecule has 3 heterocycles.